The van der Waals surface area contributed by atoms with Crippen molar-refractivity contribution in [2.24, 2.45) is 0 Å². The van der Waals surface area contributed by atoms with Crippen LogP contribution in [0.2, 0.25) is 4.34 Å². The normalized spacial score (nSPS) is 10.8. The molecule has 0 atom stereocenters. The highest BCUT2D eigenvalue weighted by atomic mass is 35.5. The number of carboxylic acid groups (broad SMARTS) is 1. The number of halogens is 1. The van der Waals surface area contributed by atoms with Gasteiger partial charge >= 0.3 is 5.97 Å². The Morgan fingerprint density at radius 3 is 2.65 bits per heavy atom. The van der Waals surface area contributed by atoms with Crippen LogP contribution in [0.1, 0.15) is 10.5 Å². The Labute approximate surface area is 121 Å². The summed E-state index contributed by atoms with van der Waals surface area (Å²) in [6.45, 7) is 0. The molecular weight excluding hydrogens is 300 g/mol. The van der Waals surface area contributed by atoms with Gasteiger partial charge in [0.25, 0.3) is 0 Å². The van der Waals surface area contributed by atoms with Crippen LogP contribution in [0.4, 0.5) is 0 Å². The molecule has 0 saturated carbocycles. The van der Waals surface area contributed by atoms with E-state index in [4.69, 9.17) is 16.7 Å². The highest BCUT2D eigenvalue weighted by Crippen LogP contribution is 2.28. The smallest absolute Gasteiger partial charge is 0.360 e. The Balaban J connectivity index is 2.45. The largest absolute Gasteiger partial charge is 0.476 e. The molecule has 100 valence electrons. The monoisotopic (exact) mass is 306 g/mol. The second kappa shape index (κ2) is 4.73. The third-order valence-corrected chi connectivity index (χ3v) is 3.98. The molecule has 7 heteroatoms. The van der Waals surface area contributed by atoms with Crippen LogP contribution in [0.25, 0.3) is 15.9 Å². The number of para-hydroxylation sites is 1. The van der Waals surface area contributed by atoms with Gasteiger partial charge < -0.3 is 5.11 Å². The molecule has 1 N–H and O–H groups in total. The van der Waals surface area contributed by atoms with Crippen molar-refractivity contribution in [3.63, 3.8) is 0 Å². The first-order valence-electron chi connectivity index (χ1n) is 5.59. The zero-order valence-corrected chi connectivity index (χ0v) is 11.5. The minimum Gasteiger partial charge on any atom is -0.476 e. The van der Waals surface area contributed by atoms with Crippen molar-refractivity contribution in [2.75, 3.05) is 0 Å². The van der Waals surface area contributed by atoms with Crippen LogP contribution in [0.5, 0.6) is 0 Å². The molecule has 2 aromatic heterocycles. The summed E-state index contributed by atoms with van der Waals surface area (Å²) < 4.78 is 1.84. The van der Waals surface area contributed by atoms with E-state index in [1.165, 1.54) is 22.1 Å². The standard InChI is InChI=1S/C13H7ClN2O3S/c14-9-6-8-11(17)10(13(18)19)15-16(12(8)20-9)7-4-2-1-3-5-7/h1-6H,(H,18,19). The molecule has 0 aliphatic rings. The molecule has 0 amide bonds. The predicted octanol–water partition coefficient (Wildman–Crippen LogP) is 2.80. The Morgan fingerprint density at radius 1 is 1.30 bits per heavy atom. The van der Waals surface area contributed by atoms with Gasteiger partial charge in [-0.2, -0.15) is 5.10 Å². The zero-order chi connectivity index (χ0) is 14.3. The van der Waals surface area contributed by atoms with E-state index in [1.54, 1.807) is 24.3 Å². The summed E-state index contributed by atoms with van der Waals surface area (Å²) in [7, 11) is 0. The first kappa shape index (κ1) is 12.8. The summed E-state index contributed by atoms with van der Waals surface area (Å²) in [6, 6.07) is 10.5. The fourth-order valence-electron chi connectivity index (χ4n) is 1.87. The second-order valence-corrected chi connectivity index (χ2v) is 5.66. The first-order valence-corrected chi connectivity index (χ1v) is 6.78. The van der Waals surface area contributed by atoms with Gasteiger partial charge in [0.2, 0.25) is 11.1 Å². The van der Waals surface area contributed by atoms with Crippen molar-refractivity contribution >= 4 is 39.1 Å². The maximum atomic E-state index is 12.1. The Bertz CT molecular complexity index is 870. The molecule has 0 saturated heterocycles. The van der Waals surface area contributed by atoms with Crippen LogP contribution in [0.15, 0.2) is 41.2 Å². The zero-order valence-electron chi connectivity index (χ0n) is 9.91. The number of nitrogens with zero attached hydrogens (tertiary/aromatic N) is 2. The molecule has 0 unspecified atom stereocenters. The lowest BCUT2D eigenvalue weighted by molar-refractivity contribution is 0.0687. The van der Waals surface area contributed by atoms with Gasteiger partial charge in [-0.05, 0) is 18.2 Å². The van der Waals surface area contributed by atoms with Crippen LogP contribution in [0, 0.1) is 0 Å². The highest BCUT2D eigenvalue weighted by Gasteiger charge is 2.19. The summed E-state index contributed by atoms with van der Waals surface area (Å²) in [6.07, 6.45) is 0. The van der Waals surface area contributed by atoms with Crippen molar-refractivity contribution in [1.29, 1.82) is 0 Å². The van der Waals surface area contributed by atoms with Gasteiger partial charge in [0.1, 0.15) is 4.83 Å². The van der Waals surface area contributed by atoms with Gasteiger partial charge in [-0.1, -0.05) is 29.8 Å². The van der Waals surface area contributed by atoms with E-state index >= 15 is 0 Å². The molecule has 2 heterocycles. The minimum absolute atomic E-state index is 0.260. The lowest BCUT2D eigenvalue weighted by Gasteiger charge is -2.07. The molecular formula is C13H7ClN2O3S. The van der Waals surface area contributed by atoms with E-state index in [0.29, 0.717) is 14.9 Å². The average Bonchev–Trinajstić information content (AvgIpc) is 2.82. The maximum Gasteiger partial charge on any atom is 0.360 e. The Hall–Kier alpha value is -2.18. The topological polar surface area (TPSA) is 72.2 Å². The molecule has 1 aromatic carbocycles. The third kappa shape index (κ3) is 1.99. The number of carboxylic acids is 1. The number of hydrogen-bond acceptors (Lipinski definition) is 4. The second-order valence-electron chi connectivity index (χ2n) is 4.00. The van der Waals surface area contributed by atoms with Gasteiger partial charge in [0.15, 0.2) is 0 Å². The number of aromatic carboxylic acids is 1. The molecule has 0 fully saturated rings. The number of aromatic nitrogens is 2. The summed E-state index contributed by atoms with van der Waals surface area (Å²) in [5.41, 5.74) is -0.475. The van der Waals surface area contributed by atoms with Gasteiger partial charge in [0, 0.05) is 0 Å². The molecule has 0 bridgehead atoms. The van der Waals surface area contributed by atoms with E-state index in [9.17, 15) is 9.59 Å². The van der Waals surface area contributed by atoms with Crippen LogP contribution in [-0.4, -0.2) is 20.9 Å². The molecule has 5 nitrogen and oxygen atoms in total. The highest BCUT2D eigenvalue weighted by molar-refractivity contribution is 7.22. The number of benzene rings is 1. The Kier molecular flexibility index (Phi) is 3.04. The quantitative estimate of drug-likeness (QED) is 0.790. The van der Waals surface area contributed by atoms with E-state index in [0.717, 1.165) is 0 Å². The first-order chi connectivity index (χ1) is 9.58. The lowest BCUT2D eigenvalue weighted by Crippen LogP contribution is -2.21. The Morgan fingerprint density at radius 2 is 2.00 bits per heavy atom. The number of thiophene rings is 1. The minimum atomic E-state index is -1.36. The van der Waals surface area contributed by atoms with Crippen LogP contribution in [0.3, 0.4) is 0 Å². The van der Waals surface area contributed by atoms with Crippen molar-refractivity contribution in [2.45, 2.75) is 0 Å². The van der Waals surface area contributed by atoms with Crippen molar-refractivity contribution in [3.8, 4) is 5.69 Å². The van der Waals surface area contributed by atoms with E-state index in [-0.39, 0.29) is 5.39 Å². The summed E-state index contributed by atoms with van der Waals surface area (Å²) >= 11 is 7.12. The number of fused-ring (bicyclic) bond motifs is 1. The predicted molar refractivity (Wildman–Crippen MR) is 77.2 cm³/mol. The lowest BCUT2D eigenvalue weighted by atomic mass is 10.2. The fourth-order valence-corrected chi connectivity index (χ4v) is 3.06. The maximum absolute atomic E-state index is 12.1. The third-order valence-electron chi connectivity index (χ3n) is 2.74. The van der Waals surface area contributed by atoms with E-state index < -0.39 is 17.1 Å². The van der Waals surface area contributed by atoms with Gasteiger partial charge in [0.05, 0.1) is 15.4 Å². The van der Waals surface area contributed by atoms with E-state index in [2.05, 4.69) is 5.10 Å². The number of rotatable bonds is 2. The van der Waals surface area contributed by atoms with Crippen molar-refractivity contribution in [1.82, 2.24) is 9.78 Å². The van der Waals surface area contributed by atoms with Crippen molar-refractivity contribution < 1.29 is 9.90 Å². The van der Waals surface area contributed by atoms with Gasteiger partial charge in [-0.25, -0.2) is 9.48 Å². The van der Waals surface area contributed by atoms with Crippen LogP contribution < -0.4 is 5.43 Å². The number of carbonyl (C=O) groups is 1. The molecule has 3 rings (SSSR count). The molecule has 3 aromatic rings. The van der Waals surface area contributed by atoms with Gasteiger partial charge in [-0.15, -0.1) is 11.3 Å². The SMILES string of the molecule is O=C(O)c1nn(-c2ccccc2)c2sc(Cl)cc2c1=O. The fraction of sp³-hybridized carbons (Fsp3) is 0. The molecule has 0 radical (unpaired) electrons. The molecule has 0 aliphatic heterocycles. The average molecular weight is 307 g/mol. The van der Waals surface area contributed by atoms with Gasteiger partial charge in [-0.3, -0.25) is 4.79 Å². The molecule has 0 aliphatic carbocycles. The van der Waals surface area contributed by atoms with Crippen LogP contribution >= 0.6 is 22.9 Å². The summed E-state index contributed by atoms with van der Waals surface area (Å²) in [4.78, 5) is 23.7. The number of hydrogen-bond donors (Lipinski definition) is 1. The molecule has 0 spiro atoms. The molecule has 20 heavy (non-hydrogen) atoms. The summed E-state index contributed by atoms with van der Waals surface area (Å²) in [5.74, 6) is -1.36. The van der Waals surface area contributed by atoms with Crippen molar-refractivity contribution in [3.05, 3.63) is 56.7 Å². The van der Waals surface area contributed by atoms with E-state index in [1.807, 2.05) is 6.07 Å². The van der Waals surface area contributed by atoms with Crippen LogP contribution in [-0.2, 0) is 0 Å². The summed E-state index contributed by atoms with van der Waals surface area (Å²) in [5, 5.41) is 13.3.